The molecule has 31 heavy (non-hydrogen) atoms. The maximum Gasteiger partial charge on any atom is 0.247 e. The molecule has 0 unspecified atom stereocenters. The minimum atomic E-state index is -3.94. The molecule has 0 radical (unpaired) electrons. The lowest BCUT2D eigenvalue weighted by atomic mass is 10.0. The second kappa shape index (κ2) is 10.5. The molecule has 1 aromatic rings. The summed E-state index contributed by atoms with van der Waals surface area (Å²) >= 11 is 0. The molecule has 0 saturated heterocycles. The van der Waals surface area contributed by atoms with Crippen molar-refractivity contribution in [1.82, 2.24) is 9.21 Å². The second-order valence-corrected chi connectivity index (χ2v) is 9.83. The van der Waals surface area contributed by atoms with Crippen molar-refractivity contribution >= 4 is 15.9 Å². The van der Waals surface area contributed by atoms with Gasteiger partial charge in [-0.2, -0.15) is 4.31 Å². The van der Waals surface area contributed by atoms with Crippen LogP contribution >= 0.6 is 0 Å². The van der Waals surface area contributed by atoms with Crippen molar-refractivity contribution in [3.8, 4) is 17.6 Å². The molecule has 2 rings (SSSR count). The fourth-order valence-electron chi connectivity index (χ4n) is 3.35. The fourth-order valence-corrected chi connectivity index (χ4v) is 5.18. The van der Waals surface area contributed by atoms with Crippen LogP contribution in [0.1, 0.15) is 39.7 Å². The number of aliphatic hydroxyl groups is 2. The Morgan fingerprint density at radius 2 is 2.06 bits per heavy atom. The number of rotatable bonds is 5. The zero-order valence-corrected chi connectivity index (χ0v) is 19.5. The van der Waals surface area contributed by atoms with Crippen LogP contribution in [-0.4, -0.2) is 78.7 Å². The zero-order valence-electron chi connectivity index (χ0n) is 18.7. The molecule has 172 valence electrons. The van der Waals surface area contributed by atoms with Gasteiger partial charge in [-0.1, -0.05) is 25.7 Å². The van der Waals surface area contributed by atoms with E-state index in [-0.39, 0.29) is 42.2 Å². The van der Waals surface area contributed by atoms with Crippen LogP contribution in [0.3, 0.4) is 0 Å². The van der Waals surface area contributed by atoms with Crippen molar-refractivity contribution < 1.29 is 28.2 Å². The molecule has 1 heterocycles. The molecule has 4 atom stereocenters. The first-order valence-corrected chi connectivity index (χ1v) is 11.8. The third-order valence-electron chi connectivity index (χ3n) is 5.27. The van der Waals surface area contributed by atoms with Crippen LogP contribution < -0.4 is 4.74 Å². The fraction of sp³-hybridized carbons (Fsp3) is 0.591. The first kappa shape index (κ1) is 25.1. The van der Waals surface area contributed by atoms with Gasteiger partial charge in [0.2, 0.25) is 15.9 Å². The summed E-state index contributed by atoms with van der Waals surface area (Å²) in [6, 6.07) is 3.91. The first-order valence-electron chi connectivity index (χ1n) is 10.4. The normalized spacial score (nSPS) is 22.5. The van der Waals surface area contributed by atoms with Crippen LogP contribution in [0.4, 0.5) is 0 Å². The van der Waals surface area contributed by atoms with E-state index in [0.29, 0.717) is 12.0 Å². The molecule has 1 aromatic carbocycles. The monoisotopic (exact) mass is 452 g/mol. The maximum absolute atomic E-state index is 13.4. The number of nitrogens with zero attached hydrogens (tertiary/aromatic N) is 2. The molecular weight excluding hydrogens is 420 g/mol. The van der Waals surface area contributed by atoms with Crippen molar-refractivity contribution in [2.45, 2.75) is 57.3 Å². The third kappa shape index (κ3) is 5.98. The first-order chi connectivity index (χ1) is 14.5. The number of benzene rings is 1. The largest absolute Gasteiger partial charge is 0.487 e. The maximum atomic E-state index is 13.4. The van der Waals surface area contributed by atoms with E-state index in [9.17, 15) is 23.4 Å². The molecule has 1 aliphatic heterocycles. The van der Waals surface area contributed by atoms with Crippen molar-refractivity contribution in [3.63, 3.8) is 0 Å². The van der Waals surface area contributed by atoms with E-state index in [1.54, 1.807) is 31.9 Å². The Hall–Kier alpha value is -2.12. The lowest BCUT2D eigenvalue weighted by Crippen LogP contribution is -2.50. The van der Waals surface area contributed by atoms with E-state index in [1.165, 1.54) is 23.4 Å². The summed E-state index contributed by atoms with van der Waals surface area (Å²) in [6.45, 7) is 6.94. The summed E-state index contributed by atoms with van der Waals surface area (Å²) in [6.07, 6.45) is -0.938. The van der Waals surface area contributed by atoms with Gasteiger partial charge in [0, 0.05) is 37.5 Å². The number of hydrogen-bond acceptors (Lipinski definition) is 6. The van der Waals surface area contributed by atoms with Gasteiger partial charge in [-0.3, -0.25) is 4.79 Å². The molecule has 9 heteroatoms. The Kier molecular flexibility index (Phi) is 8.49. The Morgan fingerprint density at radius 1 is 1.39 bits per heavy atom. The van der Waals surface area contributed by atoms with Crippen molar-refractivity contribution in [2.24, 2.45) is 5.92 Å². The van der Waals surface area contributed by atoms with Crippen LogP contribution in [0.25, 0.3) is 0 Å². The van der Waals surface area contributed by atoms with E-state index in [2.05, 4.69) is 11.8 Å². The van der Waals surface area contributed by atoms with Crippen molar-refractivity contribution in [3.05, 3.63) is 23.8 Å². The predicted molar refractivity (Wildman–Crippen MR) is 117 cm³/mol. The van der Waals surface area contributed by atoms with E-state index in [4.69, 9.17) is 4.74 Å². The number of hydrogen-bond donors (Lipinski definition) is 2. The number of aliphatic hydroxyl groups excluding tert-OH is 2. The van der Waals surface area contributed by atoms with Crippen LogP contribution in [0, 0.1) is 17.8 Å². The SMILES string of the molecule is CCC(=O)N(C)C[C@@H]1Oc2cc(C#C[C@H](C)O)ccc2S(=O)(=O)N([C@@H](C)CO)C[C@H]1C. The van der Waals surface area contributed by atoms with Crippen molar-refractivity contribution in [1.29, 1.82) is 0 Å². The number of fused-ring (bicyclic) bond motifs is 1. The summed E-state index contributed by atoms with van der Waals surface area (Å²) < 4.78 is 34.2. The van der Waals surface area contributed by atoms with Crippen LogP contribution in [0.15, 0.2) is 23.1 Å². The van der Waals surface area contributed by atoms with E-state index in [1.807, 2.05) is 6.92 Å². The molecule has 0 aliphatic carbocycles. The molecular formula is C22H32N2O6S. The molecule has 8 nitrogen and oxygen atoms in total. The Bertz CT molecular complexity index is 950. The van der Waals surface area contributed by atoms with Gasteiger partial charge in [-0.25, -0.2) is 8.42 Å². The highest BCUT2D eigenvalue weighted by molar-refractivity contribution is 7.89. The van der Waals surface area contributed by atoms with Gasteiger partial charge in [0.1, 0.15) is 22.9 Å². The average molecular weight is 453 g/mol. The topological polar surface area (TPSA) is 107 Å². The Labute approximate surface area is 184 Å². The highest BCUT2D eigenvalue weighted by Gasteiger charge is 2.38. The van der Waals surface area contributed by atoms with Crippen LogP contribution in [0.5, 0.6) is 5.75 Å². The van der Waals surface area contributed by atoms with E-state index in [0.717, 1.165) is 0 Å². The number of carbonyl (C=O) groups excluding carboxylic acids is 1. The van der Waals surface area contributed by atoms with Gasteiger partial charge in [0.25, 0.3) is 0 Å². The Morgan fingerprint density at radius 3 is 2.65 bits per heavy atom. The summed E-state index contributed by atoms with van der Waals surface area (Å²) in [5.74, 6) is 5.28. The molecule has 0 saturated carbocycles. The zero-order chi connectivity index (χ0) is 23.3. The highest BCUT2D eigenvalue weighted by atomic mass is 32.2. The summed E-state index contributed by atoms with van der Waals surface area (Å²) in [7, 11) is -2.25. The summed E-state index contributed by atoms with van der Waals surface area (Å²) in [5.41, 5.74) is 0.501. The smallest absolute Gasteiger partial charge is 0.247 e. The van der Waals surface area contributed by atoms with Gasteiger partial charge >= 0.3 is 0 Å². The molecule has 0 aromatic heterocycles. The van der Waals surface area contributed by atoms with Crippen LogP contribution in [0.2, 0.25) is 0 Å². The number of ether oxygens (including phenoxy) is 1. The standard InChI is InChI=1S/C22H32N2O6S/c1-6-22(27)23(5)13-20-15(2)12-24(16(3)14-25)31(28,29)21-10-9-18(8-7-17(4)26)11-19(21)30-20/h9-11,15-17,20,25-26H,6,12-14H2,1-5H3/t15-,16+,17+,20+/m1/s1. The summed E-state index contributed by atoms with van der Waals surface area (Å²) in [4.78, 5) is 13.7. The molecule has 2 N–H and O–H groups in total. The molecule has 1 amide bonds. The highest BCUT2D eigenvalue weighted by Crippen LogP contribution is 2.34. The average Bonchev–Trinajstić information content (AvgIpc) is 2.73. The van der Waals surface area contributed by atoms with Gasteiger partial charge in [0.15, 0.2) is 0 Å². The van der Waals surface area contributed by atoms with Gasteiger partial charge < -0.3 is 19.8 Å². The van der Waals surface area contributed by atoms with Gasteiger partial charge in [-0.05, 0) is 32.0 Å². The lowest BCUT2D eigenvalue weighted by Gasteiger charge is -2.37. The number of carbonyl (C=O) groups is 1. The minimum Gasteiger partial charge on any atom is -0.487 e. The number of likely N-dealkylation sites (N-methyl/N-ethyl adjacent to an activating group) is 1. The molecule has 1 aliphatic rings. The van der Waals surface area contributed by atoms with Gasteiger partial charge in [0.05, 0.1) is 13.2 Å². The third-order valence-corrected chi connectivity index (χ3v) is 7.29. The Balaban J connectivity index is 2.58. The summed E-state index contributed by atoms with van der Waals surface area (Å²) in [5, 5.41) is 19.1. The van der Waals surface area contributed by atoms with Crippen molar-refractivity contribution in [2.75, 3.05) is 26.7 Å². The quantitative estimate of drug-likeness (QED) is 0.647. The number of sulfonamides is 1. The van der Waals surface area contributed by atoms with Crippen LogP contribution in [-0.2, 0) is 14.8 Å². The van der Waals surface area contributed by atoms with E-state index < -0.39 is 28.3 Å². The lowest BCUT2D eigenvalue weighted by molar-refractivity contribution is -0.131. The molecule has 0 fully saturated rings. The van der Waals surface area contributed by atoms with Gasteiger partial charge in [-0.15, -0.1) is 0 Å². The second-order valence-electron chi connectivity index (χ2n) is 7.97. The number of amides is 1. The predicted octanol–water partition coefficient (Wildman–Crippen LogP) is 1.06. The van der Waals surface area contributed by atoms with E-state index >= 15 is 0 Å². The molecule has 0 spiro atoms. The minimum absolute atomic E-state index is 0.0169. The molecule has 0 bridgehead atoms.